The molecule has 1 saturated carbocycles. The molecule has 3 unspecified atom stereocenters. The zero-order chi connectivity index (χ0) is 12.4. The number of nitrogens with zero attached hydrogens (tertiary/aromatic N) is 1. The highest BCUT2D eigenvalue weighted by Crippen LogP contribution is 2.30. The highest BCUT2D eigenvalue weighted by Gasteiger charge is 2.32. The van der Waals surface area contributed by atoms with Gasteiger partial charge in [0.1, 0.15) is 0 Å². The van der Waals surface area contributed by atoms with Crippen LogP contribution in [0, 0.1) is 17.8 Å². The van der Waals surface area contributed by atoms with Crippen LogP contribution in [0.25, 0.3) is 0 Å². The number of hydrogen-bond donors (Lipinski definition) is 1. The van der Waals surface area contributed by atoms with Crippen molar-refractivity contribution in [2.45, 2.75) is 52.0 Å². The van der Waals surface area contributed by atoms with Crippen molar-refractivity contribution in [3.8, 4) is 0 Å². The van der Waals surface area contributed by atoms with Crippen molar-refractivity contribution in [3.63, 3.8) is 0 Å². The van der Waals surface area contributed by atoms with E-state index in [1.807, 2.05) is 0 Å². The van der Waals surface area contributed by atoms with Gasteiger partial charge in [-0.15, -0.1) is 0 Å². The molecule has 1 aliphatic carbocycles. The number of nitrogens with two attached hydrogens (primary N) is 1. The molecule has 0 aromatic rings. The van der Waals surface area contributed by atoms with Crippen molar-refractivity contribution in [1.29, 1.82) is 0 Å². The van der Waals surface area contributed by atoms with E-state index in [9.17, 15) is 4.79 Å². The Balaban J connectivity index is 1.87. The Hall–Kier alpha value is -0.570. The van der Waals surface area contributed by atoms with E-state index in [0.29, 0.717) is 17.9 Å². The molecule has 3 nitrogen and oxygen atoms in total. The number of hydrogen-bond acceptors (Lipinski definition) is 2. The van der Waals surface area contributed by atoms with Gasteiger partial charge in [-0.3, -0.25) is 4.79 Å². The summed E-state index contributed by atoms with van der Waals surface area (Å²) >= 11 is 0. The summed E-state index contributed by atoms with van der Waals surface area (Å²) in [6.45, 7) is 6.40. The molecule has 17 heavy (non-hydrogen) atoms. The van der Waals surface area contributed by atoms with Gasteiger partial charge >= 0.3 is 0 Å². The minimum absolute atomic E-state index is 0.248. The van der Waals surface area contributed by atoms with Gasteiger partial charge < -0.3 is 10.6 Å². The summed E-state index contributed by atoms with van der Waals surface area (Å²) in [7, 11) is 0. The molecule has 0 aromatic carbocycles. The molecule has 1 amide bonds. The first kappa shape index (κ1) is 12.9. The van der Waals surface area contributed by atoms with E-state index in [4.69, 9.17) is 5.73 Å². The number of carbonyl (C=O) groups excluding carboxylic acids is 1. The van der Waals surface area contributed by atoms with Crippen LogP contribution in [0.3, 0.4) is 0 Å². The van der Waals surface area contributed by atoms with E-state index >= 15 is 0 Å². The third-order valence-corrected chi connectivity index (χ3v) is 4.68. The van der Waals surface area contributed by atoms with Crippen LogP contribution in [0.5, 0.6) is 0 Å². The monoisotopic (exact) mass is 238 g/mol. The summed E-state index contributed by atoms with van der Waals surface area (Å²) in [4.78, 5) is 14.5. The lowest BCUT2D eigenvalue weighted by Gasteiger charge is -2.37. The first-order valence-electron chi connectivity index (χ1n) is 7.12. The van der Waals surface area contributed by atoms with Crippen LogP contribution in [0.1, 0.15) is 46.0 Å². The molecule has 98 valence electrons. The summed E-state index contributed by atoms with van der Waals surface area (Å²) in [5, 5.41) is 0. The Labute approximate surface area is 105 Å². The Kier molecular flexibility index (Phi) is 4.08. The number of carbonyl (C=O) groups is 1. The van der Waals surface area contributed by atoms with Crippen LogP contribution in [-0.2, 0) is 4.79 Å². The third-order valence-electron chi connectivity index (χ3n) is 4.68. The maximum atomic E-state index is 12.4. The quantitative estimate of drug-likeness (QED) is 0.759. The number of piperidine rings is 1. The van der Waals surface area contributed by atoms with E-state index in [0.717, 1.165) is 38.3 Å². The van der Waals surface area contributed by atoms with Gasteiger partial charge in [0.25, 0.3) is 0 Å². The largest absolute Gasteiger partial charge is 0.342 e. The summed E-state index contributed by atoms with van der Waals surface area (Å²) in [5.74, 6) is 1.94. The van der Waals surface area contributed by atoms with Crippen LogP contribution in [-0.4, -0.2) is 29.9 Å². The lowest BCUT2D eigenvalue weighted by Crippen LogP contribution is -2.45. The predicted molar refractivity (Wildman–Crippen MR) is 69.5 cm³/mol. The lowest BCUT2D eigenvalue weighted by molar-refractivity contribution is -0.138. The normalized spacial score (nSPS) is 35.9. The lowest BCUT2D eigenvalue weighted by atomic mass is 9.78. The second-order valence-electron chi connectivity index (χ2n) is 6.16. The van der Waals surface area contributed by atoms with E-state index in [1.165, 1.54) is 12.8 Å². The highest BCUT2D eigenvalue weighted by molar-refractivity contribution is 5.79. The maximum absolute atomic E-state index is 12.4. The van der Waals surface area contributed by atoms with E-state index < -0.39 is 0 Å². The summed E-state index contributed by atoms with van der Waals surface area (Å²) < 4.78 is 0. The Morgan fingerprint density at radius 2 is 1.76 bits per heavy atom. The summed E-state index contributed by atoms with van der Waals surface area (Å²) in [6.07, 6.45) is 5.35. The van der Waals surface area contributed by atoms with Gasteiger partial charge in [-0.1, -0.05) is 13.8 Å². The molecule has 2 fully saturated rings. The van der Waals surface area contributed by atoms with E-state index in [1.54, 1.807) is 0 Å². The van der Waals surface area contributed by atoms with Crippen molar-refractivity contribution in [2.24, 2.45) is 23.5 Å². The molecule has 0 spiro atoms. The number of likely N-dealkylation sites (tertiary alicyclic amines) is 1. The first-order chi connectivity index (χ1) is 8.08. The van der Waals surface area contributed by atoms with Crippen molar-refractivity contribution in [1.82, 2.24) is 4.90 Å². The average Bonchev–Trinajstić information content (AvgIpc) is 2.33. The molecular formula is C14H26N2O. The van der Waals surface area contributed by atoms with Gasteiger partial charge in [-0.25, -0.2) is 0 Å². The van der Waals surface area contributed by atoms with Crippen LogP contribution in [0.2, 0.25) is 0 Å². The average molecular weight is 238 g/mol. The Bertz CT molecular complexity index is 271. The van der Waals surface area contributed by atoms with E-state index in [-0.39, 0.29) is 5.92 Å². The van der Waals surface area contributed by atoms with Gasteiger partial charge in [-0.2, -0.15) is 0 Å². The van der Waals surface area contributed by atoms with E-state index in [2.05, 4.69) is 18.7 Å². The van der Waals surface area contributed by atoms with Crippen LogP contribution in [0.15, 0.2) is 0 Å². The molecule has 0 aromatic heterocycles. The summed E-state index contributed by atoms with van der Waals surface area (Å²) in [6, 6.07) is 0.306. The van der Waals surface area contributed by atoms with Crippen LogP contribution in [0.4, 0.5) is 0 Å². The Morgan fingerprint density at radius 1 is 1.12 bits per heavy atom. The zero-order valence-electron chi connectivity index (χ0n) is 11.2. The molecule has 1 aliphatic heterocycles. The van der Waals surface area contributed by atoms with Crippen molar-refractivity contribution < 1.29 is 4.79 Å². The van der Waals surface area contributed by atoms with Crippen molar-refractivity contribution in [2.75, 3.05) is 13.1 Å². The van der Waals surface area contributed by atoms with Crippen LogP contribution >= 0.6 is 0 Å². The van der Waals surface area contributed by atoms with Gasteiger partial charge in [0, 0.05) is 25.0 Å². The molecule has 1 saturated heterocycles. The third kappa shape index (κ3) is 3.01. The second-order valence-corrected chi connectivity index (χ2v) is 6.16. The SMILES string of the molecule is CC1CCN(C(=O)C2CCC(N)C(C)C2)CC1. The zero-order valence-corrected chi connectivity index (χ0v) is 11.2. The second kappa shape index (κ2) is 5.38. The molecule has 0 radical (unpaired) electrons. The molecule has 2 rings (SSSR count). The van der Waals surface area contributed by atoms with Crippen molar-refractivity contribution >= 4 is 5.91 Å². The van der Waals surface area contributed by atoms with Gasteiger partial charge in [-0.05, 0) is 43.9 Å². The molecule has 2 N–H and O–H groups in total. The van der Waals surface area contributed by atoms with Gasteiger partial charge in [0.05, 0.1) is 0 Å². The topological polar surface area (TPSA) is 46.3 Å². The fourth-order valence-corrected chi connectivity index (χ4v) is 3.13. The number of amides is 1. The Morgan fingerprint density at radius 3 is 2.35 bits per heavy atom. The molecule has 0 bridgehead atoms. The van der Waals surface area contributed by atoms with Crippen molar-refractivity contribution in [3.05, 3.63) is 0 Å². The predicted octanol–water partition coefficient (Wildman–Crippen LogP) is 2.01. The minimum Gasteiger partial charge on any atom is -0.342 e. The fraction of sp³-hybridized carbons (Fsp3) is 0.929. The van der Waals surface area contributed by atoms with Crippen LogP contribution < -0.4 is 5.73 Å². The maximum Gasteiger partial charge on any atom is 0.225 e. The molecule has 3 atom stereocenters. The molecule has 2 aliphatic rings. The first-order valence-corrected chi connectivity index (χ1v) is 7.12. The number of rotatable bonds is 1. The highest BCUT2D eigenvalue weighted by atomic mass is 16.2. The minimum atomic E-state index is 0.248. The standard InChI is InChI=1S/C14H26N2O/c1-10-5-7-16(8-6-10)14(17)12-3-4-13(15)11(2)9-12/h10-13H,3-9,15H2,1-2H3. The fourth-order valence-electron chi connectivity index (χ4n) is 3.13. The molecular weight excluding hydrogens is 212 g/mol. The van der Waals surface area contributed by atoms with Gasteiger partial charge in [0.15, 0.2) is 0 Å². The molecule has 1 heterocycles. The smallest absolute Gasteiger partial charge is 0.225 e. The van der Waals surface area contributed by atoms with Gasteiger partial charge in [0.2, 0.25) is 5.91 Å². The summed E-state index contributed by atoms with van der Waals surface area (Å²) in [5.41, 5.74) is 6.01. The molecule has 3 heteroatoms.